The fourth-order valence-corrected chi connectivity index (χ4v) is 3.22. The zero-order valence-electron chi connectivity index (χ0n) is 9.92. The van der Waals surface area contributed by atoms with Crippen LogP contribution in [-0.4, -0.2) is 48.4 Å². The summed E-state index contributed by atoms with van der Waals surface area (Å²) in [6, 6.07) is 1.84. The van der Waals surface area contributed by atoms with E-state index >= 15 is 0 Å². The average Bonchev–Trinajstić information content (AvgIpc) is 2.29. The van der Waals surface area contributed by atoms with E-state index in [1.165, 1.54) is 10.5 Å². The first-order chi connectivity index (χ1) is 8.00. The van der Waals surface area contributed by atoms with Gasteiger partial charge in [0.2, 0.25) is 0 Å². The van der Waals surface area contributed by atoms with E-state index in [2.05, 4.69) is 15.3 Å². The van der Waals surface area contributed by atoms with Crippen LogP contribution in [0.5, 0.6) is 0 Å². The third-order valence-corrected chi connectivity index (χ3v) is 4.34. The van der Waals surface area contributed by atoms with Crippen LogP contribution in [0.4, 0.5) is 0 Å². The summed E-state index contributed by atoms with van der Waals surface area (Å²) < 4.78 is 25.9. The van der Waals surface area contributed by atoms with Crippen LogP contribution in [0.25, 0.3) is 0 Å². The normalized spacial score (nSPS) is 22.6. The van der Waals surface area contributed by atoms with Gasteiger partial charge in [-0.05, 0) is 19.9 Å². The molecule has 1 aromatic heterocycles. The number of piperazine rings is 1. The fourth-order valence-electron chi connectivity index (χ4n) is 1.78. The number of nitrogens with zero attached hydrogens (tertiary/aromatic N) is 3. The molecule has 1 unspecified atom stereocenters. The summed E-state index contributed by atoms with van der Waals surface area (Å²) in [5, 5.41) is 3.09. The lowest BCUT2D eigenvalue weighted by atomic mass is 10.3. The lowest BCUT2D eigenvalue weighted by Crippen LogP contribution is -2.51. The molecule has 0 amide bonds. The van der Waals surface area contributed by atoms with Gasteiger partial charge in [0.1, 0.15) is 0 Å². The first-order valence-corrected chi connectivity index (χ1v) is 6.97. The Bertz CT molecular complexity index is 503. The molecule has 1 fully saturated rings. The number of sulfonamides is 1. The summed E-state index contributed by atoms with van der Waals surface area (Å²) in [4.78, 5) is 7.83. The zero-order valence-corrected chi connectivity index (χ0v) is 10.7. The van der Waals surface area contributed by atoms with Gasteiger partial charge in [0.05, 0.1) is 0 Å². The highest BCUT2D eigenvalue weighted by molar-refractivity contribution is 7.88. The minimum Gasteiger partial charge on any atom is -0.312 e. The summed E-state index contributed by atoms with van der Waals surface area (Å²) in [5.74, 6) is 0. The molecule has 1 N–H and O–H groups in total. The molecule has 1 atom stereocenters. The molecule has 1 aliphatic heterocycles. The predicted octanol–water partition coefficient (Wildman–Crippen LogP) is -0.233. The molecule has 2 heterocycles. The quantitative estimate of drug-likeness (QED) is 0.740. The van der Waals surface area contributed by atoms with Crippen molar-refractivity contribution in [1.82, 2.24) is 19.6 Å². The third-order valence-electron chi connectivity index (χ3n) is 2.67. The molecule has 0 radical (unpaired) electrons. The van der Waals surface area contributed by atoms with Crippen LogP contribution >= 0.6 is 0 Å². The van der Waals surface area contributed by atoms with E-state index < -0.39 is 10.0 Å². The molecular weight excluding hydrogens is 240 g/mol. The Morgan fingerprint density at radius 2 is 2.29 bits per heavy atom. The minimum absolute atomic E-state index is 0.105. The van der Waals surface area contributed by atoms with E-state index in [0.717, 1.165) is 0 Å². The first-order valence-electron chi connectivity index (χ1n) is 5.53. The van der Waals surface area contributed by atoms with Gasteiger partial charge < -0.3 is 5.32 Å². The van der Waals surface area contributed by atoms with Crippen LogP contribution in [0.3, 0.4) is 0 Å². The zero-order chi connectivity index (χ0) is 12.5. The van der Waals surface area contributed by atoms with Gasteiger partial charge in [-0.25, -0.2) is 18.4 Å². The van der Waals surface area contributed by atoms with Crippen LogP contribution in [0.15, 0.2) is 17.4 Å². The maximum Gasteiger partial charge on any atom is 0.278 e. The van der Waals surface area contributed by atoms with Gasteiger partial charge in [0.25, 0.3) is 15.2 Å². The molecule has 0 spiro atoms. The summed E-state index contributed by atoms with van der Waals surface area (Å²) in [5.41, 5.74) is 0.654. The van der Waals surface area contributed by atoms with E-state index in [0.29, 0.717) is 25.3 Å². The second-order valence-electron chi connectivity index (χ2n) is 4.20. The maximum atomic E-state index is 12.3. The van der Waals surface area contributed by atoms with E-state index in [4.69, 9.17) is 0 Å². The van der Waals surface area contributed by atoms with Crippen LogP contribution < -0.4 is 5.32 Å². The average molecular weight is 256 g/mol. The van der Waals surface area contributed by atoms with Gasteiger partial charge in [-0.2, -0.15) is 4.31 Å². The highest BCUT2D eigenvalue weighted by atomic mass is 32.2. The van der Waals surface area contributed by atoms with Crippen molar-refractivity contribution in [3.63, 3.8) is 0 Å². The van der Waals surface area contributed by atoms with Gasteiger partial charge in [0, 0.05) is 37.6 Å². The summed E-state index contributed by atoms with van der Waals surface area (Å²) in [6.45, 7) is 5.29. The van der Waals surface area contributed by atoms with E-state index in [-0.39, 0.29) is 11.2 Å². The lowest BCUT2D eigenvalue weighted by molar-refractivity contribution is 0.308. The Balaban J connectivity index is 2.29. The monoisotopic (exact) mass is 256 g/mol. The summed E-state index contributed by atoms with van der Waals surface area (Å²) in [6.07, 6.45) is 1.47. The summed E-state index contributed by atoms with van der Waals surface area (Å²) in [7, 11) is -3.55. The van der Waals surface area contributed by atoms with Gasteiger partial charge in [-0.3, -0.25) is 0 Å². The molecular formula is C10H16N4O2S. The molecule has 7 heteroatoms. The molecule has 0 saturated carbocycles. The van der Waals surface area contributed by atoms with Gasteiger partial charge in [0.15, 0.2) is 0 Å². The number of nitrogens with one attached hydrogen (secondary N) is 1. The standard InChI is InChI=1S/C10H16N4O2S/c1-8-3-4-12-10(13-8)17(15,16)14-6-5-11-9(2)7-14/h3-4,9,11H,5-7H2,1-2H3. The van der Waals surface area contributed by atoms with Crippen LogP contribution in [0.2, 0.25) is 0 Å². The highest BCUT2D eigenvalue weighted by Crippen LogP contribution is 2.13. The van der Waals surface area contributed by atoms with Crippen molar-refractivity contribution in [2.75, 3.05) is 19.6 Å². The Morgan fingerprint density at radius 3 is 2.94 bits per heavy atom. The number of hydrogen-bond acceptors (Lipinski definition) is 5. The highest BCUT2D eigenvalue weighted by Gasteiger charge is 2.30. The Labute approximate surface area is 101 Å². The van der Waals surface area contributed by atoms with Crippen LogP contribution in [0.1, 0.15) is 12.6 Å². The third kappa shape index (κ3) is 2.62. The van der Waals surface area contributed by atoms with Crippen molar-refractivity contribution >= 4 is 10.0 Å². The molecule has 94 valence electrons. The number of hydrogen-bond donors (Lipinski definition) is 1. The van der Waals surface area contributed by atoms with Gasteiger partial charge >= 0.3 is 0 Å². The SMILES string of the molecule is Cc1ccnc(S(=O)(=O)N2CCNC(C)C2)n1. The molecule has 2 rings (SSSR count). The molecule has 17 heavy (non-hydrogen) atoms. The van der Waals surface area contributed by atoms with Gasteiger partial charge in [-0.1, -0.05) is 0 Å². The number of aromatic nitrogens is 2. The molecule has 0 bridgehead atoms. The van der Waals surface area contributed by atoms with Crippen molar-refractivity contribution in [3.05, 3.63) is 18.0 Å². The van der Waals surface area contributed by atoms with Crippen molar-refractivity contribution in [3.8, 4) is 0 Å². The maximum absolute atomic E-state index is 12.3. The first kappa shape index (κ1) is 12.4. The Kier molecular flexibility index (Phi) is 3.41. The summed E-state index contributed by atoms with van der Waals surface area (Å²) >= 11 is 0. The smallest absolute Gasteiger partial charge is 0.278 e. The predicted molar refractivity (Wildman–Crippen MR) is 63.0 cm³/mol. The molecule has 1 saturated heterocycles. The second kappa shape index (κ2) is 4.67. The van der Waals surface area contributed by atoms with Crippen molar-refractivity contribution < 1.29 is 8.42 Å². The molecule has 0 aromatic carbocycles. The Morgan fingerprint density at radius 1 is 1.53 bits per heavy atom. The fraction of sp³-hybridized carbons (Fsp3) is 0.600. The van der Waals surface area contributed by atoms with E-state index in [1.807, 2.05) is 6.92 Å². The van der Waals surface area contributed by atoms with Crippen LogP contribution in [-0.2, 0) is 10.0 Å². The van der Waals surface area contributed by atoms with Gasteiger partial charge in [-0.15, -0.1) is 0 Å². The minimum atomic E-state index is -3.55. The van der Waals surface area contributed by atoms with Crippen molar-refractivity contribution in [2.24, 2.45) is 0 Å². The number of rotatable bonds is 2. The van der Waals surface area contributed by atoms with E-state index in [1.54, 1.807) is 13.0 Å². The Hall–Kier alpha value is -1.05. The van der Waals surface area contributed by atoms with Crippen molar-refractivity contribution in [1.29, 1.82) is 0 Å². The largest absolute Gasteiger partial charge is 0.312 e. The number of aryl methyl sites for hydroxylation is 1. The second-order valence-corrected chi connectivity index (χ2v) is 6.03. The van der Waals surface area contributed by atoms with E-state index in [9.17, 15) is 8.42 Å². The van der Waals surface area contributed by atoms with Crippen molar-refractivity contribution in [2.45, 2.75) is 25.0 Å². The van der Waals surface area contributed by atoms with Crippen LogP contribution in [0, 0.1) is 6.92 Å². The molecule has 1 aliphatic rings. The lowest BCUT2D eigenvalue weighted by Gasteiger charge is -2.30. The molecule has 6 nitrogen and oxygen atoms in total. The molecule has 1 aromatic rings. The topological polar surface area (TPSA) is 75.2 Å². The molecule has 0 aliphatic carbocycles.